The van der Waals surface area contributed by atoms with E-state index in [1.165, 1.54) is 5.56 Å². The molecule has 0 aliphatic heterocycles. The molecule has 0 amide bonds. The summed E-state index contributed by atoms with van der Waals surface area (Å²) in [7, 11) is 2.03. The molecule has 0 aliphatic rings. The quantitative estimate of drug-likeness (QED) is 0.840. The molecular formula is C14H15ClN2. The summed E-state index contributed by atoms with van der Waals surface area (Å²) in [5.41, 5.74) is 8.98. The maximum atomic E-state index is 5.94. The molecule has 0 heterocycles. The number of nitrogens with zero attached hydrogens (tertiary/aromatic N) is 1. The van der Waals surface area contributed by atoms with Crippen molar-refractivity contribution in [3.63, 3.8) is 0 Å². The lowest BCUT2D eigenvalue weighted by Gasteiger charge is -2.21. The second-order valence-electron chi connectivity index (χ2n) is 4.04. The second-order valence-corrected chi connectivity index (χ2v) is 4.48. The van der Waals surface area contributed by atoms with Crippen LogP contribution in [-0.2, 0) is 6.54 Å². The minimum Gasteiger partial charge on any atom is -0.397 e. The Bertz CT molecular complexity index is 494. The van der Waals surface area contributed by atoms with Gasteiger partial charge in [-0.2, -0.15) is 0 Å². The first-order chi connectivity index (χ1) is 8.16. The Morgan fingerprint density at radius 3 is 2.35 bits per heavy atom. The number of anilines is 2. The smallest absolute Gasteiger partial charge is 0.0600 e. The standard InChI is InChI=1S/C14H15ClN2/c1-17(14-5-3-2-4-13(14)16)10-11-6-8-12(15)9-7-11/h2-9H,10,16H2,1H3. The van der Waals surface area contributed by atoms with Crippen LogP contribution in [0.5, 0.6) is 0 Å². The monoisotopic (exact) mass is 246 g/mol. The molecule has 2 aromatic rings. The van der Waals surface area contributed by atoms with Gasteiger partial charge in [-0.25, -0.2) is 0 Å². The van der Waals surface area contributed by atoms with Crippen LogP contribution in [0.15, 0.2) is 48.5 Å². The molecule has 2 rings (SSSR count). The highest BCUT2D eigenvalue weighted by molar-refractivity contribution is 6.30. The predicted molar refractivity (Wildman–Crippen MR) is 74.4 cm³/mol. The average molecular weight is 247 g/mol. The zero-order chi connectivity index (χ0) is 12.3. The summed E-state index contributed by atoms with van der Waals surface area (Å²) in [6.45, 7) is 0.811. The molecule has 3 heteroatoms. The van der Waals surface area contributed by atoms with Crippen molar-refractivity contribution < 1.29 is 0 Å². The van der Waals surface area contributed by atoms with E-state index < -0.39 is 0 Å². The molecule has 0 radical (unpaired) electrons. The van der Waals surface area contributed by atoms with Crippen LogP contribution in [0.2, 0.25) is 5.02 Å². The first kappa shape index (κ1) is 11.8. The van der Waals surface area contributed by atoms with Crippen LogP contribution in [0.1, 0.15) is 5.56 Å². The largest absolute Gasteiger partial charge is 0.397 e. The Labute approximate surface area is 107 Å². The number of nitrogen functional groups attached to an aromatic ring is 1. The van der Waals surface area contributed by atoms with Gasteiger partial charge in [0.1, 0.15) is 0 Å². The fourth-order valence-corrected chi connectivity index (χ4v) is 1.91. The van der Waals surface area contributed by atoms with Crippen LogP contribution in [0.4, 0.5) is 11.4 Å². The summed E-state index contributed by atoms with van der Waals surface area (Å²) < 4.78 is 0. The van der Waals surface area contributed by atoms with E-state index in [0.29, 0.717) is 0 Å². The summed E-state index contributed by atoms with van der Waals surface area (Å²) in [5.74, 6) is 0. The number of benzene rings is 2. The summed E-state index contributed by atoms with van der Waals surface area (Å²) in [6, 6.07) is 15.7. The van der Waals surface area contributed by atoms with E-state index in [9.17, 15) is 0 Å². The second kappa shape index (κ2) is 5.11. The Morgan fingerprint density at radius 2 is 1.71 bits per heavy atom. The first-order valence-corrected chi connectivity index (χ1v) is 5.84. The molecule has 0 saturated carbocycles. The van der Waals surface area contributed by atoms with Crippen LogP contribution < -0.4 is 10.6 Å². The van der Waals surface area contributed by atoms with Gasteiger partial charge >= 0.3 is 0 Å². The zero-order valence-electron chi connectivity index (χ0n) is 9.73. The maximum absolute atomic E-state index is 5.94. The molecule has 2 N–H and O–H groups in total. The van der Waals surface area contributed by atoms with Crippen LogP contribution in [0, 0.1) is 0 Å². The molecule has 0 saturated heterocycles. The number of nitrogens with two attached hydrogens (primary N) is 1. The third-order valence-corrected chi connectivity index (χ3v) is 2.93. The number of rotatable bonds is 3. The first-order valence-electron chi connectivity index (χ1n) is 5.47. The fraction of sp³-hybridized carbons (Fsp3) is 0.143. The van der Waals surface area contributed by atoms with E-state index in [1.54, 1.807) is 0 Å². The maximum Gasteiger partial charge on any atom is 0.0600 e. The molecule has 0 fully saturated rings. The van der Waals surface area contributed by atoms with E-state index in [4.69, 9.17) is 17.3 Å². The van der Waals surface area contributed by atoms with Gasteiger partial charge in [-0.1, -0.05) is 35.9 Å². The molecule has 88 valence electrons. The molecule has 0 aromatic heterocycles. The van der Waals surface area contributed by atoms with Crippen molar-refractivity contribution in [2.75, 3.05) is 17.7 Å². The van der Waals surface area contributed by atoms with Gasteiger partial charge in [-0.05, 0) is 29.8 Å². The molecule has 0 spiro atoms. The molecule has 0 unspecified atom stereocenters. The van der Waals surface area contributed by atoms with Gasteiger partial charge < -0.3 is 10.6 Å². The molecular weight excluding hydrogens is 232 g/mol. The van der Waals surface area contributed by atoms with Gasteiger partial charge in [0.2, 0.25) is 0 Å². The van der Waals surface area contributed by atoms with E-state index in [0.717, 1.165) is 22.9 Å². The summed E-state index contributed by atoms with van der Waals surface area (Å²) >= 11 is 5.86. The van der Waals surface area contributed by atoms with Gasteiger partial charge in [0.05, 0.1) is 11.4 Å². The van der Waals surface area contributed by atoms with Crippen LogP contribution in [0.25, 0.3) is 0 Å². The molecule has 2 aromatic carbocycles. The van der Waals surface area contributed by atoms with Gasteiger partial charge in [0.15, 0.2) is 0 Å². The van der Waals surface area contributed by atoms with Gasteiger partial charge in [-0.3, -0.25) is 0 Å². The van der Waals surface area contributed by atoms with E-state index in [2.05, 4.69) is 4.90 Å². The number of halogens is 1. The number of hydrogen-bond donors (Lipinski definition) is 1. The summed E-state index contributed by atoms with van der Waals surface area (Å²) in [4.78, 5) is 2.12. The lowest BCUT2D eigenvalue weighted by Crippen LogP contribution is -2.17. The van der Waals surface area contributed by atoms with E-state index in [1.807, 2.05) is 55.6 Å². The van der Waals surface area contributed by atoms with Crippen LogP contribution >= 0.6 is 11.6 Å². The van der Waals surface area contributed by atoms with Crippen LogP contribution in [-0.4, -0.2) is 7.05 Å². The Hall–Kier alpha value is -1.67. The normalized spacial score (nSPS) is 10.2. The molecule has 17 heavy (non-hydrogen) atoms. The van der Waals surface area contributed by atoms with Crippen molar-refractivity contribution in [1.82, 2.24) is 0 Å². The van der Waals surface area contributed by atoms with E-state index in [-0.39, 0.29) is 0 Å². The van der Waals surface area contributed by atoms with Crippen molar-refractivity contribution in [1.29, 1.82) is 0 Å². The summed E-state index contributed by atoms with van der Waals surface area (Å²) in [6.07, 6.45) is 0. The third-order valence-electron chi connectivity index (χ3n) is 2.68. The Balaban J connectivity index is 2.14. The predicted octanol–water partition coefficient (Wildman–Crippen LogP) is 3.56. The zero-order valence-corrected chi connectivity index (χ0v) is 10.5. The number of hydrogen-bond acceptors (Lipinski definition) is 2. The van der Waals surface area contributed by atoms with Gasteiger partial charge in [-0.15, -0.1) is 0 Å². The lowest BCUT2D eigenvalue weighted by molar-refractivity contribution is 0.925. The highest BCUT2D eigenvalue weighted by Gasteiger charge is 2.04. The SMILES string of the molecule is CN(Cc1ccc(Cl)cc1)c1ccccc1N. The molecule has 0 aliphatic carbocycles. The average Bonchev–Trinajstić information content (AvgIpc) is 2.32. The highest BCUT2D eigenvalue weighted by Crippen LogP contribution is 2.23. The third kappa shape index (κ3) is 2.92. The molecule has 2 nitrogen and oxygen atoms in total. The molecule has 0 atom stereocenters. The van der Waals surface area contributed by atoms with Gasteiger partial charge in [0.25, 0.3) is 0 Å². The van der Waals surface area contributed by atoms with Gasteiger partial charge in [0, 0.05) is 18.6 Å². The number of para-hydroxylation sites is 2. The topological polar surface area (TPSA) is 29.3 Å². The lowest BCUT2D eigenvalue weighted by atomic mass is 10.2. The van der Waals surface area contributed by atoms with Crippen molar-refractivity contribution in [2.24, 2.45) is 0 Å². The van der Waals surface area contributed by atoms with Crippen molar-refractivity contribution in [2.45, 2.75) is 6.54 Å². The van der Waals surface area contributed by atoms with Crippen LogP contribution in [0.3, 0.4) is 0 Å². The highest BCUT2D eigenvalue weighted by atomic mass is 35.5. The van der Waals surface area contributed by atoms with E-state index >= 15 is 0 Å². The van der Waals surface area contributed by atoms with Crippen molar-refractivity contribution >= 4 is 23.0 Å². The van der Waals surface area contributed by atoms with Crippen molar-refractivity contribution in [3.05, 3.63) is 59.1 Å². The fourth-order valence-electron chi connectivity index (χ4n) is 1.78. The minimum absolute atomic E-state index is 0.760. The minimum atomic E-state index is 0.760. The Morgan fingerprint density at radius 1 is 1.06 bits per heavy atom. The molecule has 0 bridgehead atoms. The summed E-state index contributed by atoms with van der Waals surface area (Å²) in [5, 5.41) is 0.760. The Kier molecular flexibility index (Phi) is 3.55. The van der Waals surface area contributed by atoms with Crippen molar-refractivity contribution in [3.8, 4) is 0 Å².